The number of aliphatic hydroxyl groups is 1. The molecule has 2 nitrogen and oxygen atoms in total. The molecule has 0 radical (unpaired) electrons. The molecule has 0 heterocycles. The van der Waals surface area contributed by atoms with E-state index in [1.807, 2.05) is 0 Å². The van der Waals surface area contributed by atoms with E-state index < -0.39 is 23.6 Å². The summed E-state index contributed by atoms with van der Waals surface area (Å²) in [6, 6.07) is 1.59. The van der Waals surface area contributed by atoms with Gasteiger partial charge in [-0.1, -0.05) is 19.3 Å². The first kappa shape index (κ1) is 13.2. The molecule has 1 fully saturated rings. The number of rotatable bonds is 2. The van der Waals surface area contributed by atoms with Crippen molar-refractivity contribution in [3.63, 3.8) is 0 Å². The predicted molar refractivity (Wildman–Crippen MR) is 62.8 cm³/mol. The van der Waals surface area contributed by atoms with Gasteiger partial charge in [0.2, 0.25) is 0 Å². The molecular formula is C13H16F3NO. The topological polar surface area (TPSA) is 32.3 Å². The van der Waals surface area contributed by atoms with Crippen LogP contribution in [-0.4, -0.2) is 17.3 Å². The average Bonchev–Trinajstić information content (AvgIpc) is 2.52. The Morgan fingerprint density at radius 1 is 1.00 bits per heavy atom. The highest BCUT2D eigenvalue weighted by Gasteiger charge is 2.22. The van der Waals surface area contributed by atoms with Crippen molar-refractivity contribution in [3.05, 3.63) is 29.6 Å². The van der Waals surface area contributed by atoms with E-state index in [0.717, 1.165) is 37.8 Å². The molecule has 100 valence electrons. The van der Waals surface area contributed by atoms with Crippen molar-refractivity contribution in [3.8, 4) is 0 Å². The summed E-state index contributed by atoms with van der Waals surface area (Å²) in [5.41, 5.74) is 0.164. The van der Waals surface area contributed by atoms with Crippen molar-refractivity contribution < 1.29 is 18.3 Å². The first-order valence-electron chi connectivity index (χ1n) is 6.17. The van der Waals surface area contributed by atoms with E-state index in [0.29, 0.717) is 6.42 Å². The summed E-state index contributed by atoms with van der Waals surface area (Å²) in [4.78, 5) is 0. The second-order valence-corrected chi connectivity index (χ2v) is 4.71. The first-order chi connectivity index (χ1) is 8.58. The molecule has 1 aromatic rings. The lowest BCUT2D eigenvalue weighted by Crippen LogP contribution is -2.32. The van der Waals surface area contributed by atoms with Crippen LogP contribution in [-0.2, 0) is 0 Å². The molecule has 1 aromatic carbocycles. The minimum absolute atomic E-state index is 0.164. The molecule has 18 heavy (non-hydrogen) atoms. The van der Waals surface area contributed by atoms with Crippen LogP contribution in [0.15, 0.2) is 12.1 Å². The Morgan fingerprint density at radius 3 is 2.28 bits per heavy atom. The van der Waals surface area contributed by atoms with Crippen LogP contribution in [0.5, 0.6) is 0 Å². The minimum Gasteiger partial charge on any atom is -0.391 e. The number of hydrogen-bond donors (Lipinski definition) is 2. The van der Waals surface area contributed by atoms with Gasteiger partial charge in [-0.2, -0.15) is 0 Å². The zero-order chi connectivity index (χ0) is 13.1. The SMILES string of the molecule is OC1CCCCCC1Nc1cc(F)c(F)c(F)c1. The van der Waals surface area contributed by atoms with Gasteiger partial charge in [0, 0.05) is 17.8 Å². The molecule has 0 saturated heterocycles. The highest BCUT2D eigenvalue weighted by atomic mass is 19.2. The number of hydrogen-bond acceptors (Lipinski definition) is 2. The van der Waals surface area contributed by atoms with Crippen LogP contribution in [0.4, 0.5) is 18.9 Å². The van der Waals surface area contributed by atoms with E-state index >= 15 is 0 Å². The summed E-state index contributed by atoms with van der Waals surface area (Å²) in [5, 5.41) is 12.8. The number of halogens is 3. The largest absolute Gasteiger partial charge is 0.391 e. The fourth-order valence-electron chi connectivity index (χ4n) is 2.31. The third-order valence-electron chi connectivity index (χ3n) is 3.32. The van der Waals surface area contributed by atoms with Gasteiger partial charge in [-0.05, 0) is 12.8 Å². The smallest absolute Gasteiger partial charge is 0.194 e. The number of nitrogens with one attached hydrogen (secondary N) is 1. The zero-order valence-electron chi connectivity index (χ0n) is 9.93. The minimum atomic E-state index is -1.47. The molecule has 1 saturated carbocycles. The number of anilines is 1. The standard InChI is InChI=1S/C13H16F3NO/c14-9-6-8(7-10(15)13(9)16)17-11-4-2-1-3-5-12(11)18/h6-7,11-12,17-18H,1-5H2. The van der Waals surface area contributed by atoms with Crippen LogP contribution in [0.3, 0.4) is 0 Å². The average molecular weight is 259 g/mol. The first-order valence-corrected chi connectivity index (χ1v) is 6.17. The van der Waals surface area contributed by atoms with Crippen molar-refractivity contribution in [2.24, 2.45) is 0 Å². The lowest BCUT2D eigenvalue weighted by atomic mass is 10.1. The third-order valence-corrected chi connectivity index (χ3v) is 3.32. The maximum atomic E-state index is 13.1. The quantitative estimate of drug-likeness (QED) is 0.631. The summed E-state index contributed by atoms with van der Waals surface area (Å²) in [5.74, 6) is -3.91. The second kappa shape index (κ2) is 5.61. The van der Waals surface area contributed by atoms with Gasteiger partial charge in [-0.3, -0.25) is 0 Å². The van der Waals surface area contributed by atoms with Gasteiger partial charge in [-0.15, -0.1) is 0 Å². The van der Waals surface area contributed by atoms with E-state index in [2.05, 4.69) is 5.32 Å². The van der Waals surface area contributed by atoms with Gasteiger partial charge in [0.05, 0.1) is 12.1 Å². The summed E-state index contributed by atoms with van der Waals surface area (Å²) >= 11 is 0. The monoisotopic (exact) mass is 259 g/mol. The Bertz CT molecular complexity index is 402. The van der Waals surface area contributed by atoms with Crippen LogP contribution in [0.25, 0.3) is 0 Å². The van der Waals surface area contributed by atoms with Crippen molar-refractivity contribution in [1.82, 2.24) is 0 Å². The zero-order valence-corrected chi connectivity index (χ0v) is 9.93. The van der Waals surface area contributed by atoms with Crippen molar-refractivity contribution in [1.29, 1.82) is 0 Å². The Balaban J connectivity index is 2.12. The maximum Gasteiger partial charge on any atom is 0.194 e. The van der Waals surface area contributed by atoms with E-state index in [9.17, 15) is 18.3 Å². The summed E-state index contributed by atoms with van der Waals surface area (Å²) < 4.78 is 38.9. The van der Waals surface area contributed by atoms with Crippen molar-refractivity contribution in [2.45, 2.75) is 44.2 Å². The Morgan fingerprint density at radius 2 is 1.61 bits per heavy atom. The predicted octanol–water partition coefficient (Wildman–Crippen LogP) is 3.21. The molecule has 2 rings (SSSR count). The maximum absolute atomic E-state index is 13.1. The molecule has 1 aliphatic carbocycles. The van der Waals surface area contributed by atoms with Gasteiger partial charge in [0.25, 0.3) is 0 Å². The van der Waals surface area contributed by atoms with Crippen LogP contribution < -0.4 is 5.32 Å². The third kappa shape index (κ3) is 2.96. The van der Waals surface area contributed by atoms with E-state index in [4.69, 9.17) is 0 Å². The van der Waals surface area contributed by atoms with E-state index in [1.54, 1.807) is 0 Å². The Kier molecular flexibility index (Phi) is 4.11. The number of benzene rings is 1. The van der Waals surface area contributed by atoms with Crippen LogP contribution in [0.2, 0.25) is 0 Å². The Hall–Kier alpha value is -1.23. The van der Waals surface area contributed by atoms with Gasteiger partial charge in [0.1, 0.15) is 0 Å². The molecule has 0 amide bonds. The fraction of sp³-hybridized carbons (Fsp3) is 0.538. The molecule has 2 unspecified atom stereocenters. The molecule has 5 heteroatoms. The molecule has 0 aliphatic heterocycles. The fourth-order valence-corrected chi connectivity index (χ4v) is 2.31. The summed E-state index contributed by atoms with van der Waals surface area (Å²) in [7, 11) is 0. The molecule has 0 aromatic heterocycles. The normalized spacial score (nSPS) is 24.7. The molecule has 1 aliphatic rings. The van der Waals surface area contributed by atoms with Gasteiger partial charge in [0.15, 0.2) is 17.5 Å². The van der Waals surface area contributed by atoms with E-state index in [1.165, 1.54) is 0 Å². The molecule has 2 N–H and O–H groups in total. The summed E-state index contributed by atoms with van der Waals surface area (Å²) in [6.07, 6.45) is 3.82. The molecule has 2 atom stereocenters. The molecule has 0 spiro atoms. The molecular weight excluding hydrogens is 243 g/mol. The van der Waals surface area contributed by atoms with Crippen LogP contribution >= 0.6 is 0 Å². The molecule has 0 bridgehead atoms. The second-order valence-electron chi connectivity index (χ2n) is 4.71. The highest BCUT2D eigenvalue weighted by Crippen LogP contribution is 2.23. The van der Waals surface area contributed by atoms with Crippen molar-refractivity contribution >= 4 is 5.69 Å². The van der Waals surface area contributed by atoms with Gasteiger partial charge < -0.3 is 10.4 Å². The number of aliphatic hydroxyl groups excluding tert-OH is 1. The van der Waals surface area contributed by atoms with Crippen molar-refractivity contribution in [2.75, 3.05) is 5.32 Å². The van der Waals surface area contributed by atoms with Gasteiger partial charge >= 0.3 is 0 Å². The van der Waals surface area contributed by atoms with Gasteiger partial charge in [-0.25, -0.2) is 13.2 Å². The lowest BCUT2D eigenvalue weighted by molar-refractivity contribution is 0.144. The lowest BCUT2D eigenvalue weighted by Gasteiger charge is -2.23. The van der Waals surface area contributed by atoms with Crippen LogP contribution in [0.1, 0.15) is 32.1 Å². The van der Waals surface area contributed by atoms with Crippen LogP contribution in [0, 0.1) is 17.5 Å². The van der Waals surface area contributed by atoms with E-state index in [-0.39, 0.29) is 11.7 Å². The summed E-state index contributed by atoms with van der Waals surface area (Å²) in [6.45, 7) is 0. The Labute approximate surface area is 104 Å². The highest BCUT2D eigenvalue weighted by molar-refractivity contribution is 5.45.